The molecule has 96 valence electrons. The Morgan fingerprint density at radius 3 is 2.78 bits per heavy atom. The van der Waals surface area contributed by atoms with Gasteiger partial charge in [0.2, 0.25) is 12.7 Å². The largest absolute Gasteiger partial charge is 0.454 e. The number of nitrogens with zero attached hydrogens (tertiary/aromatic N) is 1. The molecule has 0 bridgehead atoms. The second kappa shape index (κ2) is 3.88. The molecule has 1 aromatic rings. The number of carbonyl (C=O) groups is 1. The molecule has 0 unspecified atom stereocenters. The molecular formula is C13H16N2O3. The maximum Gasteiger partial charge on any atom is 0.234 e. The molecule has 2 N–H and O–H groups in total. The standard InChI is InChI=1S/C13H16N2O3/c1-15(12(16)13(7-14)4-5-13)9-2-3-10-11(6-9)18-8-17-10/h2-3,6H,4-5,7-8,14H2,1H3. The number of amides is 1. The lowest BCUT2D eigenvalue weighted by molar-refractivity contribution is -0.123. The molecule has 2 aliphatic rings. The van der Waals surface area contributed by atoms with Crippen LogP contribution in [0.3, 0.4) is 0 Å². The molecule has 1 aromatic carbocycles. The molecule has 1 heterocycles. The summed E-state index contributed by atoms with van der Waals surface area (Å²) in [5, 5.41) is 0. The lowest BCUT2D eigenvalue weighted by Gasteiger charge is -2.22. The van der Waals surface area contributed by atoms with Crippen molar-refractivity contribution in [2.75, 3.05) is 25.3 Å². The minimum atomic E-state index is -0.328. The van der Waals surface area contributed by atoms with Gasteiger partial charge in [-0.2, -0.15) is 0 Å². The van der Waals surface area contributed by atoms with Crippen molar-refractivity contribution in [3.8, 4) is 11.5 Å². The second-order valence-corrected chi connectivity index (χ2v) is 4.89. The zero-order chi connectivity index (χ0) is 12.8. The molecule has 3 rings (SSSR count). The molecule has 1 aliphatic carbocycles. The molecule has 0 saturated heterocycles. The van der Waals surface area contributed by atoms with Crippen LogP contribution in [-0.4, -0.2) is 26.3 Å². The predicted molar refractivity (Wildman–Crippen MR) is 66.7 cm³/mol. The van der Waals surface area contributed by atoms with Gasteiger partial charge in [0.15, 0.2) is 11.5 Å². The van der Waals surface area contributed by atoms with Crippen molar-refractivity contribution >= 4 is 11.6 Å². The smallest absolute Gasteiger partial charge is 0.234 e. The number of benzene rings is 1. The van der Waals surface area contributed by atoms with Crippen LogP contribution in [0.25, 0.3) is 0 Å². The third-order valence-corrected chi connectivity index (χ3v) is 3.75. The first-order chi connectivity index (χ1) is 8.66. The number of hydrogen-bond acceptors (Lipinski definition) is 4. The fraction of sp³-hybridized carbons (Fsp3) is 0.462. The summed E-state index contributed by atoms with van der Waals surface area (Å²) in [6.07, 6.45) is 1.77. The van der Waals surface area contributed by atoms with Gasteiger partial charge in [0.05, 0.1) is 5.41 Å². The van der Waals surface area contributed by atoms with E-state index in [0.717, 1.165) is 24.3 Å². The lowest BCUT2D eigenvalue weighted by Crippen LogP contribution is -2.38. The highest BCUT2D eigenvalue weighted by atomic mass is 16.7. The summed E-state index contributed by atoms with van der Waals surface area (Å²) in [5.41, 5.74) is 6.16. The number of anilines is 1. The van der Waals surface area contributed by atoms with Crippen LogP contribution in [0.4, 0.5) is 5.69 Å². The first-order valence-corrected chi connectivity index (χ1v) is 6.04. The predicted octanol–water partition coefficient (Wildman–Crippen LogP) is 1.12. The zero-order valence-electron chi connectivity index (χ0n) is 10.3. The lowest BCUT2D eigenvalue weighted by atomic mass is 10.1. The molecule has 1 amide bonds. The molecule has 0 aromatic heterocycles. The summed E-state index contributed by atoms with van der Waals surface area (Å²) in [4.78, 5) is 14.0. The SMILES string of the molecule is CN(C(=O)C1(CN)CC1)c1ccc2c(c1)OCO2. The number of carbonyl (C=O) groups excluding carboxylic acids is 1. The molecule has 1 saturated carbocycles. The Balaban J connectivity index is 1.84. The summed E-state index contributed by atoms with van der Waals surface area (Å²) in [7, 11) is 1.77. The molecule has 0 radical (unpaired) electrons. The van der Waals surface area contributed by atoms with Crippen molar-refractivity contribution in [2.45, 2.75) is 12.8 Å². The Kier molecular flexibility index (Phi) is 2.45. The van der Waals surface area contributed by atoms with Gasteiger partial charge in [-0.15, -0.1) is 0 Å². The fourth-order valence-electron chi connectivity index (χ4n) is 2.22. The first-order valence-electron chi connectivity index (χ1n) is 6.04. The molecule has 0 atom stereocenters. The van der Waals surface area contributed by atoms with Gasteiger partial charge in [0.1, 0.15) is 0 Å². The van der Waals surface area contributed by atoms with E-state index in [-0.39, 0.29) is 18.1 Å². The van der Waals surface area contributed by atoms with Gasteiger partial charge >= 0.3 is 0 Å². The summed E-state index contributed by atoms with van der Waals surface area (Å²) >= 11 is 0. The average Bonchev–Trinajstić information content (AvgIpc) is 3.07. The first kappa shape index (κ1) is 11.3. The van der Waals surface area contributed by atoms with Gasteiger partial charge in [-0.3, -0.25) is 4.79 Å². The molecule has 1 aliphatic heterocycles. The Bertz CT molecular complexity index is 497. The minimum absolute atomic E-state index is 0.0869. The quantitative estimate of drug-likeness (QED) is 0.870. The van der Waals surface area contributed by atoms with E-state index >= 15 is 0 Å². The van der Waals surface area contributed by atoms with Crippen molar-refractivity contribution in [1.29, 1.82) is 0 Å². The van der Waals surface area contributed by atoms with Crippen molar-refractivity contribution in [1.82, 2.24) is 0 Å². The number of rotatable bonds is 3. The van der Waals surface area contributed by atoms with E-state index in [1.165, 1.54) is 0 Å². The van der Waals surface area contributed by atoms with E-state index in [1.807, 2.05) is 18.2 Å². The van der Waals surface area contributed by atoms with Crippen LogP contribution < -0.4 is 20.1 Å². The van der Waals surface area contributed by atoms with Gasteiger partial charge in [-0.25, -0.2) is 0 Å². The van der Waals surface area contributed by atoms with E-state index < -0.39 is 0 Å². The average molecular weight is 248 g/mol. The van der Waals surface area contributed by atoms with E-state index in [1.54, 1.807) is 11.9 Å². The highest BCUT2D eigenvalue weighted by Gasteiger charge is 2.50. The molecule has 5 nitrogen and oxygen atoms in total. The topological polar surface area (TPSA) is 64.8 Å². The molecule has 5 heteroatoms. The minimum Gasteiger partial charge on any atom is -0.454 e. The molecule has 18 heavy (non-hydrogen) atoms. The van der Waals surface area contributed by atoms with E-state index in [0.29, 0.717) is 12.3 Å². The van der Waals surface area contributed by atoms with Crippen molar-refractivity contribution < 1.29 is 14.3 Å². The normalized spacial score (nSPS) is 18.6. The summed E-state index contributed by atoms with van der Waals surface area (Å²) < 4.78 is 10.6. The number of ether oxygens (including phenoxy) is 2. The summed E-state index contributed by atoms with van der Waals surface area (Å²) in [5.74, 6) is 1.49. The number of nitrogens with two attached hydrogens (primary N) is 1. The third kappa shape index (κ3) is 1.62. The van der Waals surface area contributed by atoms with Crippen LogP contribution in [0.1, 0.15) is 12.8 Å². The summed E-state index contributed by atoms with van der Waals surface area (Å²) in [6.45, 7) is 0.657. The van der Waals surface area contributed by atoms with Crippen LogP contribution in [0.15, 0.2) is 18.2 Å². The Morgan fingerprint density at radius 1 is 1.39 bits per heavy atom. The summed E-state index contributed by atoms with van der Waals surface area (Å²) in [6, 6.07) is 5.51. The monoisotopic (exact) mass is 248 g/mol. The van der Waals surface area contributed by atoms with Gasteiger partial charge in [-0.1, -0.05) is 0 Å². The number of hydrogen-bond donors (Lipinski definition) is 1. The maximum absolute atomic E-state index is 12.3. The van der Waals surface area contributed by atoms with Gasteiger partial charge in [0, 0.05) is 25.3 Å². The number of fused-ring (bicyclic) bond motifs is 1. The molecule has 1 fully saturated rings. The highest BCUT2D eigenvalue weighted by molar-refractivity contribution is 5.99. The maximum atomic E-state index is 12.3. The van der Waals surface area contributed by atoms with Crippen LogP contribution in [0.2, 0.25) is 0 Å². The van der Waals surface area contributed by atoms with Crippen LogP contribution >= 0.6 is 0 Å². The van der Waals surface area contributed by atoms with E-state index in [2.05, 4.69) is 0 Å². The third-order valence-electron chi connectivity index (χ3n) is 3.75. The van der Waals surface area contributed by atoms with Gasteiger partial charge < -0.3 is 20.1 Å². The molecular weight excluding hydrogens is 232 g/mol. The second-order valence-electron chi connectivity index (χ2n) is 4.89. The van der Waals surface area contributed by atoms with Crippen LogP contribution in [0.5, 0.6) is 11.5 Å². The zero-order valence-corrected chi connectivity index (χ0v) is 10.3. The Morgan fingerprint density at radius 2 is 2.11 bits per heavy atom. The van der Waals surface area contributed by atoms with Crippen molar-refractivity contribution in [3.63, 3.8) is 0 Å². The van der Waals surface area contributed by atoms with Gasteiger partial charge in [0.25, 0.3) is 0 Å². The fourth-order valence-corrected chi connectivity index (χ4v) is 2.22. The van der Waals surface area contributed by atoms with Crippen molar-refractivity contribution in [3.05, 3.63) is 18.2 Å². The van der Waals surface area contributed by atoms with Crippen LogP contribution in [-0.2, 0) is 4.79 Å². The Hall–Kier alpha value is -1.75. The van der Waals surface area contributed by atoms with Crippen molar-refractivity contribution in [2.24, 2.45) is 11.1 Å². The Labute approximate surface area is 105 Å². The van der Waals surface area contributed by atoms with E-state index in [4.69, 9.17) is 15.2 Å². The van der Waals surface area contributed by atoms with Gasteiger partial charge in [-0.05, 0) is 25.0 Å². The highest BCUT2D eigenvalue weighted by Crippen LogP contribution is 2.47. The van der Waals surface area contributed by atoms with E-state index in [9.17, 15) is 4.79 Å². The molecule has 0 spiro atoms. The van der Waals surface area contributed by atoms with Crippen LogP contribution in [0, 0.1) is 5.41 Å².